The van der Waals surface area contributed by atoms with E-state index in [4.69, 9.17) is 28.6 Å². The van der Waals surface area contributed by atoms with Crippen LogP contribution in [0, 0.1) is 0 Å². The lowest BCUT2D eigenvalue weighted by atomic mass is 10.2. The number of rotatable bonds is 14. The monoisotopic (exact) mass is 501 g/mol. The molecule has 2 heterocycles. The van der Waals surface area contributed by atoms with Crippen LogP contribution >= 0.6 is 15.6 Å². The maximum absolute atomic E-state index is 12.3. The van der Waals surface area contributed by atoms with Crippen LogP contribution in [-0.4, -0.2) is 70.2 Å². The van der Waals surface area contributed by atoms with Crippen molar-refractivity contribution in [3.05, 3.63) is 12.3 Å². The van der Waals surface area contributed by atoms with Crippen molar-refractivity contribution in [3.8, 4) is 0 Å². The second kappa shape index (κ2) is 12.6. The van der Waals surface area contributed by atoms with E-state index in [0.717, 1.165) is 12.8 Å². The Kier molecular flexibility index (Phi) is 10.8. The first-order valence-corrected chi connectivity index (χ1v) is 13.5. The average Bonchev–Trinajstić information content (AvgIpc) is 3.08. The first-order chi connectivity index (χ1) is 15.1. The Morgan fingerprint density at radius 2 is 1.78 bits per heavy atom. The van der Waals surface area contributed by atoms with Gasteiger partial charge >= 0.3 is 15.6 Å². The summed E-state index contributed by atoms with van der Waals surface area (Å²) in [6.07, 6.45) is 1.34. The number of nitrogens with two attached hydrogens (primary N) is 1. The van der Waals surface area contributed by atoms with Crippen LogP contribution in [0.4, 0.5) is 0 Å². The molecule has 5 N–H and O–H groups in total. The first kappa shape index (κ1) is 27.4. The summed E-state index contributed by atoms with van der Waals surface area (Å²) in [5, 5.41) is 10.1. The number of nitrogens with zero attached hydrogens (tertiary/aromatic N) is 2. The lowest BCUT2D eigenvalue weighted by molar-refractivity contribution is -0.109. The second-order valence-corrected chi connectivity index (χ2v) is 10.1. The number of hydrogen-bond acceptors (Lipinski definition) is 11. The van der Waals surface area contributed by atoms with Crippen LogP contribution in [0.2, 0.25) is 0 Å². The van der Waals surface area contributed by atoms with Crippen LogP contribution in [0.15, 0.2) is 17.3 Å². The van der Waals surface area contributed by atoms with E-state index in [-0.39, 0.29) is 25.5 Å². The third-order valence-electron chi connectivity index (χ3n) is 4.64. The maximum Gasteiger partial charge on any atom is 0.472 e. The fourth-order valence-corrected chi connectivity index (χ4v) is 4.68. The average molecular weight is 501 g/mol. The Balaban J connectivity index is 2.06. The molecule has 0 radical (unpaired) electrons. The summed E-state index contributed by atoms with van der Waals surface area (Å²) >= 11 is 0. The van der Waals surface area contributed by atoms with Crippen LogP contribution in [0.1, 0.15) is 46.0 Å². The third-order valence-corrected chi connectivity index (χ3v) is 6.67. The summed E-state index contributed by atoms with van der Waals surface area (Å²) in [4.78, 5) is 25.0. The summed E-state index contributed by atoms with van der Waals surface area (Å²) in [7, 11) is -8.79. The van der Waals surface area contributed by atoms with Crippen molar-refractivity contribution in [3.63, 3.8) is 0 Å². The van der Waals surface area contributed by atoms with Crippen LogP contribution < -0.4 is 5.73 Å². The number of phosphoric ester groups is 2. The maximum atomic E-state index is 12.3. The quantitative estimate of drug-likeness (QED) is 0.200. The summed E-state index contributed by atoms with van der Waals surface area (Å²) in [5.74, 6) is 0.120. The molecule has 0 bridgehead atoms. The van der Waals surface area contributed by atoms with Gasteiger partial charge in [-0.2, -0.15) is 0 Å². The highest BCUT2D eigenvalue weighted by atomic mass is 31.2. The Bertz CT molecular complexity index is 752. The van der Waals surface area contributed by atoms with Gasteiger partial charge in [0, 0.05) is 12.6 Å². The lowest BCUT2D eigenvalue weighted by Gasteiger charge is -2.31. The Morgan fingerprint density at radius 1 is 1.16 bits per heavy atom. The molecule has 0 amide bonds. The fraction of sp³-hybridized carbons (Fsp3) is 0.824. The molecule has 15 heteroatoms. The molecule has 0 aromatic rings. The summed E-state index contributed by atoms with van der Waals surface area (Å²) in [6, 6.07) is 0. The van der Waals surface area contributed by atoms with Gasteiger partial charge in [-0.1, -0.05) is 26.7 Å². The Hall–Kier alpha value is -0.850. The fourth-order valence-electron chi connectivity index (χ4n) is 2.93. The van der Waals surface area contributed by atoms with E-state index in [9.17, 15) is 24.0 Å². The standard InChI is InChI=1S/C17H33N3O10P2/c1-3-5-9-26-31(22,23)28-12-14-13(30-32(24,25)27-10-6-4-2)11-16(29-14)20-8-7-15(18)19-17(20)21/h7-8,13-14,16-17,21H,3-6,9-12H2,1-2H3,(H2,18,19)(H,22,23)(H,24,25)/t13-,14+,16+,17?/m0/s1. The Morgan fingerprint density at radius 3 is 2.38 bits per heavy atom. The molecular weight excluding hydrogens is 468 g/mol. The number of hydrogen-bond donors (Lipinski definition) is 4. The zero-order valence-corrected chi connectivity index (χ0v) is 20.0. The van der Waals surface area contributed by atoms with Crippen molar-refractivity contribution in [2.45, 2.75) is 70.7 Å². The highest BCUT2D eigenvalue weighted by molar-refractivity contribution is 7.47. The third kappa shape index (κ3) is 8.83. The number of unbranched alkanes of at least 4 members (excludes halogenated alkanes) is 2. The molecular formula is C17H33N3O10P2. The van der Waals surface area contributed by atoms with Crippen molar-refractivity contribution in [2.24, 2.45) is 10.7 Å². The van der Waals surface area contributed by atoms with Crippen molar-refractivity contribution < 1.29 is 46.9 Å². The summed E-state index contributed by atoms with van der Waals surface area (Å²) in [5.41, 5.74) is 5.56. The summed E-state index contributed by atoms with van der Waals surface area (Å²) in [6.45, 7) is 3.41. The number of phosphoric acid groups is 2. The van der Waals surface area contributed by atoms with Gasteiger partial charge in [0.15, 0.2) is 0 Å². The first-order valence-electron chi connectivity index (χ1n) is 10.5. The lowest BCUT2D eigenvalue weighted by Crippen LogP contribution is -2.41. The molecule has 0 aromatic carbocycles. The van der Waals surface area contributed by atoms with E-state index in [1.54, 1.807) is 0 Å². The zero-order valence-electron chi connectivity index (χ0n) is 18.2. The molecule has 0 aliphatic carbocycles. The van der Waals surface area contributed by atoms with Crippen molar-refractivity contribution in [2.75, 3.05) is 19.8 Å². The van der Waals surface area contributed by atoms with Gasteiger partial charge in [-0.15, -0.1) is 0 Å². The molecule has 32 heavy (non-hydrogen) atoms. The highest BCUT2D eigenvalue weighted by Gasteiger charge is 2.45. The molecule has 0 spiro atoms. The molecule has 3 unspecified atom stereocenters. The van der Waals surface area contributed by atoms with E-state index in [1.165, 1.54) is 17.2 Å². The van der Waals surface area contributed by atoms with Gasteiger partial charge in [0.05, 0.1) is 19.8 Å². The number of aliphatic imine (C=N–C) groups is 1. The van der Waals surface area contributed by atoms with Crippen molar-refractivity contribution >= 4 is 21.5 Å². The van der Waals surface area contributed by atoms with Crippen LogP contribution in [0.25, 0.3) is 0 Å². The molecule has 0 saturated carbocycles. The van der Waals surface area contributed by atoms with Crippen LogP contribution in [-0.2, 0) is 32.0 Å². The minimum Gasteiger partial charge on any atom is -0.384 e. The van der Waals surface area contributed by atoms with Crippen LogP contribution in [0.3, 0.4) is 0 Å². The van der Waals surface area contributed by atoms with Gasteiger partial charge in [0.25, 0.3) is 0 Å². The minimum atomic E-state index is -4.43. The van der Waals surface area contributed by atoms with Gasteiger partial charge in [-0.25, -0.2) is 14.1 Å². The van der Waals surface area contributed by atoms with E-state index in [1.807, 2.05) is 13.8 Å². The highest BCUT2D eigenvalue weighted by Crippen LogP contribution is 2.49. The second-order valence-electron chi connectivity index (χ2n) is 7.28. The van der Waals surface area contributed by atoms with Gasteiger partial charge in [0.2, 0.25) is 6.35 Å². The van der Waals surface area contributed by atoms with Crippen molar-refractivity contribution in [1.29, 1.82) is 0 Å². The van der Waals surface area contributed by atoms with Crippen LogP contribution in [0.5, 0.6) is 0 Å². The largest absolute Gasteiger partial charge is 0.472 e. The van der Waals surface area contributed by atoms with Gasteiger partial charge < -0.3 is 30.3 Å². The molecule has 2 aliphatic heterocycles. The normalized spacial score (nSPS) is 29.5. The predicted molar refractivity (Wildman–Crippen MR) is 114 cm³/mol. The van der Waals surface area contributed by atoms with E-state index in [2.05, 4.69) is 4.99 Å². The molecule has 6 atom stereocenters. The molecule has 2 rings (SSSR count). The van der Waals surface area contributed by atoms with Gasteiger partial charge in [-0.05, 0) is 18.9 Å². The van der Waals surface area contributed by atoms with Gasteiger partial charge in [-0.3, -0.25) is 18.1 Å². The van der Waals surface area contributed by atoms with E-state index in [0.29, 0.717) is 12.8 Å². The molecule has 186 valence electrons. The topological polar surface area (TPSA) is 183 Å². The molecule has 1 saturated heterocycles. The van der Waals surface area contributed by atoms with E-state index < -0.39 is 47.0 Å². The number of aliphatic hydroxyl groups is 1. The predicted octanol–water partition coefficient (Wildman–Crippen LogP) is 1.80. The summed E-state index contributed by atoms with van der Waals surface area (Å²) < 4.78 is 50.3. The van der Waals surface area contributed by atoms with E-state index >= 15 is 0 Å². The minimum absolute atomic E-state index is 0.0129. The molecule has 1 fully saturated rings. The number of ether oxygens (including phenoxy) is 1. The zero-order chi connectivity index (χ0) is 23.8. The Labute approximate surface area is 187 Å². The molecule has 13 nitrogen and oxygen atoms in total. The molecule has 0 aromatic heterocycles. The smallest absolute Gasteiger partial charge is 0.384 e. The van der Waals surface area contributed by atoms with Crippen molar-refractivity contribution in [1.82, 2.24) is 4.90 Å². The number of aliphatic hydroxyl groups excluding tert-OH is 1. The van der Waals surface area contributed by atoms with Gasteiger partial charge in [0.1, 0.15) is 24.3 Å². The number of amidine groups is 1. The SMILES string of the molecule is CCCCOP(=O)(O)OC[C@H]1O[C@@H](N2C=CC(N)=NC2O)C[C@@H]1OP(=O)(O)OCCCC. The molecule has 2 aliphatic rings.